The minimum atomic E-state index is -0.260. The third-order valence-corrected chi connectivity index (χ3v) is 22.9. The van der Waals surface area contributed by atoms with E-state index < -0.39 is 0 Å². The van der Waals surface area contributed by atoms with Gasteiger partial charge in [-0.25, -0.2) is 13.2 Å². The van der Waals surface area contributed by atoms with Gasteiger partial charge in [-0.3, -0.25) is 0 Å². The topological polar surface area (TPSA) is 65.9 Å². The van der Waals surface area contributed by atoms with E-state index in [0.717, 1.165) is 87.4 Å². The second kappa shape index (κ2) is 36.0. The predicted octanol–water partition coefficient (Wildman–Crippen LogP) is 28.3. The Kier molecular flexibility index (Phi) is 23.8. The van der Waals surface area contributed by atoms with Crippen LogP contribution >= 0.6 is 31.9 Å². The van der Waals surface area contributed by atoms with Crippen molar-refractivity contribution >= 4 is 175 Å². The molecule has 0 atom stereocenters. The molecular weight excluding hydrogens is 1760 g/mol. The Balaban J connectivity index is 0.000000119. The molecule has 0 aliphatic rings. The van der Waals surface area contributed by atoms with Gasteiger partial charge in [-0.05, 0) is 243 Å². The summed E-state index contributed by atoms with van der Waals surface area (Å²) in [5.74, 6) is -0.745. The largest absolute Gasteiger partial charge is 1.00 e. The number of halogens is 6. The average molecular weight is 1840 g/mol. The van der Waals surface area contributed by atoms with Gasteiger partial charge >= 0.3 is 0 Å². The summed E-state index contributed by atoms with van der Waals surface area (Å²) in [4.78, 5) is 2.22. The molecule has 0 amide bonds. The zero-order valence-electron chi connectivity index (χ0n) is 65.6. The summed E-state index contributed by atoms with van der Waals surface area (Å²) in [6.07, 6.45) is 0. The Labute approximate surface area is 743 Å². The fourth-order valence-corrected chi connectivity index (χ4v) is 17.3. The number of aromatic nitrogens is 5. The molecule has 18 aromatic carbocycles. The van der Waals surface area contributed by atoms with Gasteiger partial charge in [0.15, 0.2) is 0 Å². The van der Waals surface area contributed by atoms with Gasteiger partial charge in [-0.15, -0.1) is 0 Å². The van der Waals surface area contributed by atoms with Gasteiger partial charge in [0, 0.05) is 125 Å². The number of nitrogens with two attached hydrogens (primary N) is 1. The maximum atomic E-state index is 14.2. The minimum Gasteiger partial charge on any atom is -1.00 e. The zero-order chi connectivity index (χ0) is 81.9. The van der Waals surface area contributed by atoms with E-state index in [1.807, 2.05) is 42.5 Å². The molecule has 0 bridgehead atoms. The Morgan fingerprint density at radius 3 is 0.894 bits per heavy atom. The number of fused-ring (bicyclic) bond motifs is 15. The number of hydrogen-bond donors (Lipinski definition) is 2. The van der Waals surface area contributed by atoms with Crippen molar-refractivity contribution in [2.24, 2.45) is 0 Å². The number of nitrogen functional groups attached to an aromatic ring is 1. The van der Waals surface area contributed by atoms with E-state index in [-0.39, 0.29) is 48.9 Å². The normalized spacial score (nSPS) is 11.0. The highest BCUT2D eigenvalue weighted by atomic mass is 127. The molecule has 123 heavy (non-hydrogen) atoms. The Morgan fingerprint density at radius 1 is 0.220 bits per heavy atom. The van der Waals surface area contributed by atoms with E-state index in [1.54, 1.807) is 12.1 Å². The van der Waals surface area contributed by atoms with Crippen LogP contribution in [0.2, 0.25) is 0 Å². The van der Waals surface area contributed by atoms with Crippen LogP contribution in [0.25, 0.3) is 137 Å². The SMILES string of the molecule is Brc1ccc2c(c1)c1ccccc1n2-c1ccccc1.Brc1ccc2c3ccccc3n(-c3ccccc3)c2c1.C.Fc1ccc(N(c2ccc3c(c2)c2ccccc2n3-c2ccccc2)c2ccc3c4ccccc4n(-c4ccccc4)c3c2)cc1.Fc1ccc(Nc2ccc3c(c2)c2ccccc2n3-c2ccccc2)cc1.Nc1ccc(F)cc1.[I-]. The number of hydrogen-bond acceptors (Lipinski definition) is 3. The predicted molar refractivity (Wildman–Crippen MR) is 515 cm³/mol. The van der Waals surface area contributed by atoms with Crippen molar-refractivity contribution in [1.29, 1.82) is 0 Å². The second-order valence-corrected chi connectivity index (χ2v) is 31.2. The first-order valence-electron chi connectivity index (χ1n) is 39.9. The number of para-hydroxylation sites is 10. The van der Waals surface area contributed by atoms with Crippen LogP contribution < -0.4 is 39.9 Å². The van der Waals surface area contributed by atoms with E-state index in [9.17, 15) is 13.2 Å². The molecule has 23 rings (SSSR count). The molecule has 0 saturated carbocycles. The number of anilines is 6. The summed E-state index contributed by atoms with van der Waals surface area (Å²) in [6, 6.07) is 146. The monoisotopic (exact) mass is 1840 g/mol. The molecule has 5 heterocycles. The van der Waals surface area contributed by atoms with Crippen LogP contribution in [0.3, 0.4) is 0 Å². The Hall–Kier alpha value is -14.2. The summed E-state index contributed by atoms with van der Waals surface area (Å²) in [5, 5.41) is 15.6. The first kappa shape index (κ1) is 81.2. The van der Waals surface area contributed by atoms with Crippen molar-refractivity contribution < 1.29 is 37.1 Å². The van der Waals surface area contributed by atoms with Crippen molar-refractivity contribution in [3.05, 3.63) is 463 Å². The second-order valence-electron chi connectivity index (χ2n) is 29.4. The molecule has 0 aliphatic carbocycles. The van der Waals surface area contributed by atoms with Gasteiger partial charge in [0.1, 0.15) is 17.5 Å². The quantitative estimate of drug-likeness (QED) is 0.106. The summed E-state index contributed by atoms with van der Waals surface area (Å²) < 4.78 is 53.2. The Morgan fingerprint density at radius 2 is 0.480 bits per heavy atom. The molecule has 5 aromatic heterocycles. The van der Waals surface area contributed by atoms with Gasteiger partial charge in [0.2, 0.25) is 0 Å². The highest BCUT2D eigenvalue weighted by molar-refractivity contribution is 9.10. The van der Waals surface area contributed by atoms with Gasteiger partial charge < -0.3 is 62.8 Å². The van der Waals surface area contributed by atoms with Crippen LogP contribution in [0.15, 0.2) is 446 Å². The molecule has 0 saturated heterocycles. The maximum Gasteiger partial charge on any atom is 0.123 e. The molecule has 3 N–H and O–H groups in total. The van der Waals surface area contributed by atoms with Crippen molar-refractivity contribution in [2.45, 2.75) is 7.43 Å². The van der Waals surface area contributed by atoms with E-state index in [2.05, 4.69) is 399 Å². The zero-order valence-corrected chi connectivity index (χ0v) is 70.9. The maximum absolute atomic E-state index is 14.2. The van der Waals surface area contributed by atoms with Crippen molar-refractivity contribution in [2.75, 3.05) is 16.0 Å². The fraction of sp³-hybridized carbons (Fsp3) is 0.00917. The number of nitrogens with zero attached hydrogens (tertiary/aromatic N) is 6. The number of benzene rings is 18. The van der Waals surface area contributed by atoms with E-state index >= 15 is 0 Å². The van der Waals surface area contributed by atoms with E-state index in [0.29, 0.717) is 5.69 Å². The molecule has 23 aromatic rings. The minimum absolute atomic E-state index is 0. The summed E-state index contributed by atoms with van der Waals surface area (Å²) in [7, 11) is 0. The van der Waals surface area contributed by atoms with Gasteiger partial charge in [0.25, 0.3) is 0 Å². The number of rotatable bonds is 10. The van der Waals surface area contributed by atoms with Crippen LogP contribution in [0, 0.1) is 17.5 Å². The third kappa shape index (κ3) is 16.3. The average Bonchev–Trinajstić information content (AvgIpc) is 1.61. The van der Waals surface area contributed by atoms with E-state index in [1.165, 1.54) is 136 Å². The lowest BCUT2D eigenvalue weighted by Gasteiger charge is -2.26. The molecule has 0 unspecified atom stereocenters. The molecule has 598 valence electrons. The molecule has 14 heteroatoms. The van der Waals surface area contributed by atoms with Crippen LogP contribution in [0.5, 0.6) is 0 Å². The summed E-state index contributed by atoms with van der Waals surface area (Å²) in [5.41, 5.74) is 28.2. The molecule has 0 aliphatic heterocycles. The lowest BCUT2D eigenvalue weighted by Crippen LogP contribution is -3.00. The molecule has 0 spiro atoms. The van der Waals surface area contributed by atoms with Crippen LogP contribution in [0.1, 0.15) is 7.43 Å². The first-order valence-corrected chi connectivity index (χ1v) is 41.4. The van der Waals surface area contributed by atoms with E-state index in [4.69, 9.17) is 5.73 Å². The van der Waals surface area contributed by atoms with Gasteiger partial charge in [-0.1, -0.05) is 233 Å². The summed E-state index contributed by atoms with van der Waals surface area (Å²) in [6.45, 7) is 0. The smallest absolute Gasteiger partial charge is 0.123 e. The van der Waals surface area contributed by atoms with Crippen molar-refractivity contribution in [3.8, 4) is 28.4 Å². The fourth-order valence-electron chi connectivity index (χ4n) is 16.6. The lowest BCUT2D eigenvalue weighted by molar-refractivity contribution is -0.0000247. The standard InChI is InChI=1S/C42H28FN3.C24H17FN2.2C18H12BrN.C6H6FN.CH4.HI/c43-29-19-21-32(22-20-29)44(33-24-26-41-38(27-33)36-16-8-10-18-40(36)45(41)30-11-3-1-4-12-30)34-23-25-37-35-15-7-9-17-39(35)46(42(37)28-34)31-13-5-2-6-14-31;25-17-10-12-18(13-11-17)26-19-14-15-24-22(16-19)21-8-4-5-9-23(21)27(24)20-6-2-1-3-7-20;19-13-10-11-18-16(12-13)15-8-4-5-9-17(15)20(18)14-6-2-1-3-7-14;19-13-10-11-16-15-8-4-5-9-17(15)20(18(16)12-13)14-6-2-1-3-7-14;7-5-1-3-6(8)4-2-5;;/h1-28H;1-16,26H;2*1-12H;1-4H,8H2;1H4;1H/p-1. The van der Waals surface area contributed by atoms with Crippen molar-refractivity contribution in [1.82, 2.24) is 22.8 Å². The van der Waals surface area contributed by atoms with Crippen LogP contribution in [-0.2, 0) is 0 Å². The molecule has 0 radical (unpaired) electrons. The van der Waals surface area contributed by atoms with Gasteiger partial charge in [-0.2, -0.15) is 0 Å². The molecular formula is C109H79Br2F3IN8-. The highest BCUT2D eigenvalue weighted by Crippen LogP contribution is 2.44. The Bertz CT molecular complexity index is 7640. The third-order valence-electron chi connectivity index (χ3n) is 21.9. The lowest BCUT2D eigenvalue weighted by atomic mass is 10.1. The van der Waals surface area contributed by atoms with Crippen molar-refractivity contribution in [3.63, 3.8) is 0 Å². The van der Waals surface area contributed by atoms with Gasteiger partial charge in [0.05, 0.1) is 55.2 Å². The molecule has 0 fully saturated rings. The highest BCUT2D eigenvalue weighted by Gasteiger charge is 2.22. The van der Waals surface area contributed by atoms with Crippen LogP contribution in [-0.4, -0.2) is 22.8 Å². The number of nitrogens with one attached hydrogen (secondary N) is 1. The van der Waals surface area contributed by atoms with Crippen LogP contribution in [0.4, 0.5) is 47.3 Å². The molecule has 8 nitrogen and oxygen atoms in total. The summed E-state index contributed by atoms with van der Waals surface area (Å²) >= 11 is 7.16. The first-order chi connectivity index (χ1) is 59.5.